The molecule has 0 aliphatic rings. The molecule has 2 aromatic carbocycles. The molecule has 1 N–H and O–H groups in total. The highest BCUT2D eigenvalue weighted by Crippen LogP contribution is 2.21. The molecule has 0 aliphatic heterocycles. The Bertz CT molecular complexity index is 672. The molecule has 0 atom stereocenters. The number of hydrogen-bond donors (Lipinski definition) is 1. The maximum atomic E-state index is 10.8. The molecule has 0 saturated carbocycles. The fraction of sp³-hybridized carbons (Fsp3) is 0.133. The first-order chi connectivity index (χ1) is 10.6. The third-order valence-electron chi connectivity index (χ3n) is 2.75. The summed E-state index contributed by atoms with van der Waals surface area (Å²) in [6.07, 6.45) is 0. The van der Waals surface area contributed by atoms with Gasteiger partial charge in [0.1, 0.15) is 5.75 Å². The van der Waals surface area contributed by atoms with E-state index in [2.05, 4.69) is 0 Å². The Morgan fingerprint density at radius 3 is 2.59 bits per heavy atom. The number of non-ortho nitro benzene ring substituents is 1. The molecule has 2 aromatic rings. The summed E-state index contributed by atoms with van der Waals surface area (Å²) < 4.78 is 5.49. The second kappa shape index (κ2) is 7.46. The van der Waals surface area contributed by atoms with Crippen LogP contribution in [0.3, 0.4) is 0 Å². The van der Waals surface area contributed by atoms with Crippen molar-refractivity contribution in [2.75, 3.05) is 12.4 Å². The summed E-state index contributed by atoms with van der Waals surface area (Å²) in [6.45, 7) is 0.407. The highest BCUT2D eigenvalue weighted by Gasteiger charge is 2.05. The van der Waals surface area contributed by atoms with Gasteiger partial charge in [-0.25, -0.2) is 4.79 Å². The molecule has 0 heterocycles. The Hall–Kier alpha value is -2.54. The van der Waals surface area contributed by atoms with Gasteiger partial charge in [0.2, 0.25) is 0 Å². The third-order valence-corrected chi connectivity index (χ3v) is 3.73. The van der Waals surface area contributed by atoms with Gasteiger partial charge in [-0.2, -0.15) is 0 Å². The number of carboxylic acid groups (broad SMARTS) is 1. The van der Waals surface area contributed by atoms with E-state index in [1.807, 2.05) is 0 Å². The lowest BCUT2D eigenvalue weighted by Crippen LogP contribution is -2.02. The molecule has 0 saturated heterocycles. The van der Waals surface area contributed by atoms with Crippen LogP contribution in [0.2, 0.25) is 0 Å². The standard InChI is InChI=1S/C15H13NO5S/c17-15(18)11-2-1-3-13(10-11)21-8-9-22-14-6-4-12(5-7-14)16(19)20/h1-7,10H,8-9H2,(H,17,18). The van der Waals surface area contributed by atoms with Crippen molar-refractivity contribution in [1.29, 1.82) is 0 Å². The zero-order chi connectivity index (χ0) is 15.9. The Labute approximate surface area is 130 Å². The predicted molar refractivity (Wildman–Crippen MR) is 82.7 cm³/mol. The van der Waals surface area contributed by atoms with Gasteiger partial charge >= 0.3 is 5.97 Å². The fourth-order valence-electron chi connectivity index (χ4n) is 1.70. The lowest BCUT2D eigenvalue weighted by molar-refractivity contribution is -0.384. The second-order valence-electron chi connectivity index (χ2n) is 4.28. The molecule has 0 bridgehead atoms. The topological polar surface area (TPSA) is 89.7 Å². The van der Waals surface area contributed by atoms with Gasteiger partial charge in [-0.15, -0.1) is 11.8 Å². The average molecular weight is 319 g/mol. The minimum Gasteiger partial charge on any atom is -0.493 e. The Morgan fingerprint density at radius 1 is 1.23 bits per heavy atom. The van der Waals surface area contributed by atoms with Crippen LogP contribution in [0.25, 0.3) is 0 Å². The third kappa shape index (κ3) is 4.49. The second-order valence-corrected chi connectivity index (χ2v) is 5.45. The van der Waals surface area contributed by atoms with Gasteiger partial charge < -0.3 is 9.84 Å². The van der Waals surface area contributed by atoms with Crippen molar-refractivity contribution < 1.29 is 19.6 Å². The summed E-state index contributed by atoms with van der Waals surface area (Å²) in [5.74, 6) is 0.157. The van der Waals surface area contributed by atoms with Crippen molar-refractivity contribution in [1.82, 2.24) is 0 Å². The van der Waals surface area contributed by atoms with Gasteiger partial charge in [0, 0.05) is 22.8 Å². The summed E-state index contributed by atoms with van der Waals surface area (Å²) in [4.78, 5) is 21.9. The van der Waals surface area contributed by atoms with Crippen LogP contribution in [0, 0.1) is 10.1 Å². The molecule has 114 valence electrons. The van der Waals surface area contributed by atoms with Gasteiger partial charge in [0.25, 0.3) is 5.69 Å². The van der Waals surface area contributed by atoms with Crippen molar-refractivity contribution in [3.8, 4) is 5.75 Å². The monoisotopic (exact) mass is 319 g/mol. The Kier molecular flexibility index (Phi) is 5.37. The molecule has 6 nitrogen and oxygen atoms in total. The normalized spacial score (nSPS) is 10.2. The number of aromatic carboxylic acids is 1. The molecule has 0 aliphatic carbocycles. The van der Waals surface area contributed by atoms with E-state index >= 15 is 0 Å². The molecule has 0 spiro atoms. The van der Waals surface area contributed by atoms with Crippen molar-refractivity contribution in [2.24, 2.45) is 0 Å². The molecule has 0 unspecified atom stereocenters. The number of nitro groups is 1. The number of nitro benzene ring substituents is 1. The number of carbonyl (C=O) groups is 1. The minimum absolute atomic E-state index is 0.0612. The van der Waals surface area contributed by atoms with Gasteiger partial charge in [-0.05, 0) is 30.3 Å². The number of hydrogen-bond acceptors (Lipinski definition) is 5. The lowest BCUT2D eigenvalue weighted by Gasteiger charge is -2.06. The van der Waals surface area contributed by atoms with E-state index in [0.717, 1.165) is 4.90 Å². The number of thioether (sulfide) groups is 1. The van der Waals surface area contributed by atoms with E-state index in [4.69, 9.17) is 9.84 Å². The highest BCUT2D eigenvalue weighted by molar-refractivity contribution is 7.99. The van der Waals surface area contributed by atoms with Crippen LogP contribution in [0.1, 0.15) is 10.4 Å². The van der Waals surface area contributed by atoms with E-state index in [-0.39, 0.29) is 11.3 Å². The Morgan fingerprint density at radius 2 is 1.95 bits per heavy atom. The van der Waals surface area contributed by atoms with Crippen LogP contribution in [-0.4, -0.2) is 28.4 Å². The van der Waals surface area contributed by atoms with Crippen LogP contribution >= 0.6 is 11.8 Å². The summed E-state index contributed by atoms with van der Waals surface area (Å²) >= 11 is 1.51. The van der Waals surface area contributed by atoms with Crippen molar-refractivity contribution in [3.05, 3.63) is 64.2 Å². The molecule has 0 radical (unpaired) electrons. The first-order valence-corrected chi connectivity index (χ1v) is 7.38. The van der Waals surface area contributed by atoms with Gasteiger partial charge in [-0.3, -0.25) is 10.1 Å². The molecule has 2 rings (SSSR count). The number of benzene rings is 2. The van der Waals surface area contributed by atoms with E-state index < -0.39 is 10.9 Å². The van der Waals surface area contributed by atoms with E-state index in [1.54, 1.807) is 24.3 Å². The zero-order valence-electron chi connectivity index (χ0n) is 11.5. The number of rotatable bonds is 7. The molecule has 0 aromatic heterocycles. The Balaban J connectivity index is 1.80. The first-order valence-electron chi connectivity index (χ1n) is 6.39. The minimum atomic E-state index is -0.995. The van der Waals surface area contributed by atoms with E-state index in [1.165, 1.54) is 36.0 Å². The number of ether oxygens (including phenoxy) is 1. The smallest absolute Gasteiger partial charge is 0.335 e. The highest BCUT2D eigenvalue weighted by atomic mass is 32.2. The fourth-order valence-corrected chi connectivity index (χ4v) is 2.43. The largest absolute Gasteiger partial charge is 0.493 e. The van der Waals surface area contributed by atoms with E-state index in [0.29, 0.717) is 18.1 Å². The quantitative estimate of drug-likeness (QED) is 0.364. The SMILES string of the molecule is O=C(O)c1cccc(OCCSc2ccc([N+](=O)[O-])cc2)c1. The van der Waals surface area contributed by atoms with Crippen molar-refractivity contribution in [2.45, 2.75) is 4.90 Å². The summed E-state index contributed by atoms with van der Waals surface area (Å²) in [7, 11) is 0. The number of nitrogens with zero attached hydrogens (tertiary/aromatic N) is 1. The molecule has 0 amide bonds. The number of carboxylic acids is 1. The molecule has 22 heavy (non-hydrogen) atoms. The molecule has 0 fully saturated rings. The maximum Gasteiger partial charge on any atom is 0.335 e. The van der Waals surface area contributed by atoms with Gasteiger partial charge in [0.15, 0.2) is 0 Å². The van der Waals surface area contributed by atoms with Crippen LogP contribution < -0.4 is 4.74 Å². The molecular weight excluding hydrogens is 306 g/mol. The zero-order valence-corrected chi connectivity index (χ0v) is 12.3. The van der Waals surface area contributed by atoms with Crippen LogP contribution in [0.4, 0.5) is 5.69 Å². The summed E-state index contributed by atoms with van der Waals surface area (Å²) in [5, 5.41) is 19.4. The molecular formula is C15H13NO5S. The maximum absolute atomic E-state index is 10.8. The van der Waals surface area contributed by atoms with E-state index in [9.17, 15) is 14.9 Å². The van der Waals surface area contributed by atoms with Crippen molar-refractivity contribution in [3.63, 3.8) is 0 Å². The molecule has 7 heteroatoms. The van der Waals surface area contributed by atoms with Gasteiger partial charge in [-0.1, -0.05) is 6.07 Å². The average Bonchev–Trinajstić information content (AvgIpc) is 2.52. The predicted octanol–water partition coefficient (Wildman–Crippen LogP) is 3.46. The summed E-state index contributed by atoms with van der Waals surface area (Å²) in [5.41, 5.74) is 0.242. The van der Waals surface area contributed by atoms with Gasteiger partial charge in [0.05, 0.1) is 17.1 Å². The van der Waals surface area contributed by atoms with Crippen LogP contribution in [0.15, 0.2) is 53.4 Å². The summed E-state index contributed by atoms with van der Waals surface area (Å²) in [6, 6.07) is 12.6. The van der Waals surface area contributed by atoms with Crippen molar-refractivity contribution >= 4 is 23.4 Å². The van der Waals surface area contributed by atoms with Crippen LogP contribution in [-0.2, 0) is 0 Å². The van der Waals surface area contributed by atoms with Crippen LogP contribution in [0.5, 0.6) is 5.75 Å². The lowest BCUT2D eigenvalue weighted by atomic mass is 10.2. The first kappa shape index (κ1) is 15.8.